The quantitative estimate of drug-likeness (QED) is 0.173. The van der Waals surface area contributed by atoms with Gasteiger partial charge in [0.2, 0.25) is 11.6 Å². The molecule has 0 atom stereocenters. The third-order valence-electron chi connectivity index (χ3n) is 7.47. The Bertz CT molecular complexity index is 1480. The van der Waals surface area contributed by atoms with E-state index in [0.717, 1.165) is 24.2 Å². The lowest BCUT2D eigenvalue weighted by atomic mass is 9.81. The summed E-state index contributed by atoms with van der Waals surface area (Å²) >= 11 is 0. The zero-order valence-electron chi connectivity index (χ0n) is 25.9. The molecule has 0 saturated heterocycles. The molecule has 0 heterocycles. The van der Waals surface area contributed by atoms with E-state index in [1.54, 1.807) is 12.1 Å². The monoisotopic (exact) mass is 592 g/mol. The molecule has 4 aromatic carbocycles. The molecule has 44 heavy (non-hydrogen) atoms. The molecule has 0 fully saturated rings. The maximum absolute atomic E-state index is 14.6. The molecule has 4 aromatic rings. The number of likely N-dealkylation sites (N-methyl/N-ethyl adjacent to an activating group) is 2. The van der Waals surface area contributed by atoms with Crippen molar-refractivity contribution in [2.24, 2.45) is 0 Å². The predicted molar refractivity (Wildman–Crippen MR) is 175 cm³/mol. The number of fused-ring (bicyclic) bond motifs is 2. The lowest BCUT2D eigenvalue weighted by molar-refractivity contribution is 0.0972. The van der Waals surface area contributed by atoms with Crippen LogP contribution in [0.1, 0.15) is 43.0 Å². The lowest BCUT2D eigenvalue weighted by Crippen LogP contribution is -2.28. The molecule has 0 spiro atoms. The van der Waals surface area contributed by atoms with Crippen LogP contribution in [0.25, 0.3) is 0 Å². The number of ketones is 2. The normalized spacial score (nSPS) is 12.2. The Labute approximate surface area is 259 Å². The highest BCUT2D eigenvalue weighted by Gasteiger charge is 2.38. The minimum absolute atomic E-state index is 0.267. The largest absolute Gasteiger partial charge is 0.488 e. The van der Waals surface area contributed by atoms with Gasteiger partial charge >= 0.3 is 0 Å². The first-order valence-corrected chi connectivity index (χ1v) is 14.9. The van der Waals surface area contributed by atoms with Crippen LogP contribution in [0.15, 0.2) is 84.9 Å². The second-order valence-corrected chi connectivity index (χ2v) is 11.4. The molecule has 1 aliphatic carbocycles. The smallest absolute Gasteiger partial charge is 0.200 e. The number of hydrogen-bond acceptors (Lipinski definition) is 8. The first-order valence-electron chi connectivity index (χ1n) is 14.9. The fraction of sp³-hybridized carbons (Fsp3) is 0.278. The molecule has 0 amide bonds. The summed E-state index contributed by atoms with van der Waals surface area (Å²) in [4.78, 5) is 33.3. The molecule has 228 valence electrons. The Morgan fingerprint density at radius 1 is 0.523 bits per heavy atom. The summed E-state index contributed by atoms with van der Waals surface area (Å²) in [6.45, 7) is 3.24. The van der Waals surface area contributed by atoms with Crippen LogP contribution in [0, 0.1) is 0 Å². The molecule has 8 heteroatoms. The van der Waals surface area contributed by atoms with E-state index in [1.807, 2.05) is 101 Å². The van der Waals surface area contributed by atoms with Gasteiger partial charge in [0.15, 0.2) is 0 Å². The molecule has 0 aromatic heterocycles. The summed E-state index contributed by atoms with van der Waals surface area (Å²) in [5.41, 5.74) is 4.27. The molecule has 0 aliphatic heterocycles. The highest BCUT2D eigenvalue weighted by Crippen LogP contribution is 2.43. The number of anilines is 2. The number of nitrogens with one attached hydrogen (secondary N) is 2. The van der Waals surface area contributed by atoms with Gasteiger partial charge in [0.1, 0.15) is 24.7 Å². The Kier molecular flexibility index (Phi) is 9.94. The van der Waals surface area contributed by atoms with Gasteiger partial charge in [-0.1, -0.05) is 60.7 Å². The van der Waals surface area contributed by atoms with Crippen molar-refractivity contribution < 1.29 is 19.1 Å². The van der Waals surface area contributed by atoms with E-state index < -0.39 is 0 Å². The van der Waals surface area contributed by atoms with Crippen molar-refractivity contribution in [3.05, 3.63) is 118 Å². The van der Waals surface area contributed by atoms with Crippen LogP contribution in [0.2, 0.25) is 0 Å². The van der Waals surface area contributed by atoms with Crippen molar-refractivity contribution in [3.8, 4) is 11.5 Å². The molecule has 5 rings (SSSR count). The Morgan fingerprint density at radius 3 is 1.27 bits per heavy atom. The Morgan fingerprint density at radius 2 is 0.909 bits per heavy atom. The molecule has 2 N–H and O–H groups in total. The maximum atomic E-state index is 14.6. The summed E-state index contributed by atoms with van der Waals surface area (Å²) in [6, 6.07) is 26.8. The first kappa shape index (κ1) is 30.8. The standard InChI is InChI=1S/C36H40N4O4/c1-39(2)21-19-37-27-15-17-29(43-23-25-11-7-5-8-12-25)33-31(27)35(41)34-30(44-24-26-13-9-6-10-14-26)18-16-28(32(34)36(33)42)38-20-22-40(3)4/h5-18,37-38H,19-24H2,1-4H3. The van der Waals surface area contributed by atoms with E-state index in [1.165, 1.54) is 0 Å². The van der Waals surface area contributed by atoms with Gasteiger partial charge in [-0.2, -0.15) is 0 Å². The zero-order valence-corrected chi connectivity index (χ0v) is 25.9. The lowest BCUT2D eigenvalue weighted by Gasteiger charge is -2.27. The average Bonchev–Trinajstić information content (AvgIpc) is 3.02. The Hall–Kier alpha value is -4.66. The van der Waals surface area contributed by atoms with Gasteiger partial charge in [-0.25, -0.2) is 0 Å². The van der Waals surface area contributed by atoms with Crippen molar-refractivity contribution in [2.45, 2.75) is 13.2 Å². The summed E-state index contributed by atoms with van der Waals surface area (Å²) in [5, 5.41) is 6.79. The second-order valence-electron chi connectivity index (χ2n) is 11.4. The fourth-order valence-corrected chi connectivity index (χ4v) is 5.17. The third-order valence-corrected chi connectivity index (χ3v) is 7.47. The van der Waals surface area contributed by atoms with Crippen LogP contribution in [0.3, 0.4) is 0 Å². The van der Waals surface area contributed by atoms with E-state index in [-0.39, 0.29) is 35.9 Å². The fourth-order valence-electron chi connectivity index (χ4n) is 5.17. The highest BCUT2D eigenvalue weighted by atomic mass is 16.5. The predicted octanol–water partition coefficient (Wildman–Crippen LogP) is 5.57. The summed E-state index contributed by atoms with van der Waals surface area (Å²) in [6.07, 6.45) is 0. The number of ether oxygens (including phenoxy) is 2. The van der Waals surface area contributed by atoms with Crippen LogP contribution < -0.4 is 20.1 Å². The van der Waals surface area contributed by atoms with Gasteiger partial charge in [-0.05, 0) is 63.6 Å². The number of carbonyl (C=O) groups is 2. The number of carbonyl (C=O) groups excluding carboxylic acids is 2. The summed E-state index contributed by atoms with van der Waals surface area (Å²) < 4.78 is 12.5. The maximum Gasteiger partial charge on any atom is 0.200 e. The number of hydrogen-bond donors (Lipinski definition) is 2. The van der Waals surface area contributed by atoms with Crippen LogP contribution in [0.5, 0.6) is 11.5 Å². The van der Waals surface area contributed by atoms with Gasteiger partial charge in [0, 0.05) is 37.6 Å². The van der Waals surface area contributed by atoms with Gasteiger partial charge in [-0.3, -0.25) is 9.59 Å². The number of benzene rings is 4. The highest BCUT2D eigenvalue weighted by molar-refractivity contribution is 6.33. The molecule has 0 radical (unpaired) electrons. The van der Waals surface area contributed by atoms with Gasteiger partial charge in [0.05, 0.1) is 22.3 Å². The summed E-state index contributed by atoms with van der Waals surface area (Å²) in [7, 11) is 7.96. The van der Waals surface area contributed by atoms with Crippen molar-refractivity contribution in [1.29, 1.82) is 0 Å². The van der Waals surface area contributed by atoms with Crippen molar-refractivity contribution in [1.82, 2.24) is 9.80 Å². The number of nitrogens with zero attached hydrogens (tertiary/aromatic N) is 2. The third kappa shape index (κ3) is 7.10. The van der Waals surface area contributed by atoms with Crippen molar-refractivity contribution in [2.75, 3.05) is 65.0 Å². The van der Waals surface area contributed by atoms with Crippen molar-refractivity contribution >= 4 is 22.9 Å². The van der Waals surface area contributed by atoms with Crippen LogP contribution in [-0.2, 0) is 13.2 Å². The molecule has 0 bridgehead atoms. The minimum atomic E-state index is -0.272. The molecule has 0 saturated carbocycles. The zero-order chi connectivity index (χ0) is 31.1. The van der Waals surface area contributed by atoms with Crippen LogP contribution in [-0.4, -0.2) is 75.7 Å². The van der Waals surface area contributed by atoms with Crippen molar-refractivity contribution in [3.63, 3.8) is 0 Å². The van der Waals surface area contributed by atoms with Gasteiger partial charge < -0.3 is 29.9 Å². The van der Waals surface area contributed by atoms with Gasteiger partial charge in [0.25, 0.3) is 0 Å². The van der Waals surface area contributed by atoms with E-state index >= 15 is 0 Å². The molecule has 0 unspecified atom stereocenters. The second kappa shape index (κ2) is 14.2. The van der Waals surface area contributed by atoms with Gasteiger partial charge in [-0.15, -0.1) is 0 Å². The SMILES string of the molecule is CN(C)CCNc1ccc(OCc2ccccc2)c2c1C(=O)c1c(OCc3ccccc3)ccc(NCCN(C)C)c1C2=O. The summed E-state index contributed by atoms with van der Waals surface area (Å²) in [5.74, 6) is 0.208. The number of rotatable bonds is 14. The topological polar surface area (TPSA) is 83.1 Å². The van der Waals surface area contributed by atoms with Crippen LogP contribution >= 0.6 is 0 Å². The van der Waals surface area contributed by atoms with E-state index in [2.05, 4.69) is 20.4 Å². The van der Waals surface area contributed by atoms with E-state index in [0.29, 0.717) is 47.1 Å². The molecule has 8 nitrogen and oxygen atoms in total. The molecular weight excluding hydrogens is 552 g/mol. The van der Waals surface area contributed by atoms with Crippen LogP contribution in [0.4, 0.5) is 11.4 Å². The van der Waals surface area contributed by atoms with E-state index in [4.69, 9.17) is 9.47 Å². The molecule has 1 aliphatic rings. The van der Waals surface area contributed by atoms with E-state index in [9.17, 15) is 9.59 Å². The minimum Gasteiger partial charge on any atom is -0.488 e. The average molecular weight is 593 g/mol. The first-order chi connectivity index (χ1) is 21.3. The Balaban J connectivity index is 1.59. The molecular formula is C36H40N4O4.